The highest BCUT2D eigenvalue weighted by Crippen LogP contribution is 2.29. The highest BCUT2D eigenvalue weighted by molar-refractivity contribution is 7.89. The maximum Gasteiger partial charge on any atom is 0.405 e. The summed E-state index contributed by atoms with van der Waals surface area (Å²) in [6, 6.07) is 8.71. The Morgan fingerprint density at radius 2 is 1.88 bits per heavy atom. The average Bonchev–Trinajstić information content (AvgIpc) is 3.09. The fourth-order valence-corrected chi connectivity index (χ4v) is 5.48. The number of sulfonamides is 1. The summed E-state index contributed by atoms with van der Waals surface area (Å²) in [5, 5.41) is 3.10. The van der Waals surface area contributed by atoms with Gasteiger partial charge in [-0.1, -0.05) is 24.3 Å². The first-order valence-electron chi connectivity index (χ1n) is 7.68. The van der Waals surface area contributed by atoms with Gasteiger partial charge in [-0.15, -0.1) is 11.3 Å². The van der Waals surface area contributed by atoms with Crippen LogP contribution >= 0.6 is 11.3 Å². The minimum absolute atomic E-state index is 0.165. The molecule has 10 heteroatoms. The number of nitrogens with zero attached hydrogens (tertiary/aromatic N) is 1. The number of rotatable bonds is 4. The van der Waals surface area contributed by atoms with E-state index in [1.54, 1.807) is 5.32 Å². The topological polar surface area (TPSA) is 66.5 Å². The Labute approximate surface area is 152 Å². The van der Waals surface area contributed by atoms with Gasteiger partial charge in [0.15, 0.2) is 0 Å². The van der Waals surface area contributed by atoms with Crippen LogP contribution < -0.4 is 5.32 Å². The van der Waals surface area contributed by atoms with E-state index < -0.39 is 28.7 Å². The first kappa shape index (κ1) is 18.9. The molecule has 0 bridgehead atoms. The summed E-state index contributed by atoms with van der Waals surface area (Å²) in [5.74, 6) is -1.05. The van der Waals surface area contributed by atoms with Crippen LogP contribution in [-0.2, 0) is 23.0 Å². The van der Waals surface area contributed by atoms with Crippen LogP contribution in [0.4, 0.5) is 13.2 Å². The second-order valence-corrected chi connectivity index (χ2v) is 8.59. The van der Waals surface area contributed by atoms with Gasteiger partial charge in [0.05, 0.1) is 0 Å². The maximum absolute atomic E-state index is 12.9. The molecule has 2 aromatic rings. The molecule has 1 aromatic carbocycles. The Hall–Kier alpha value is -1.91. The van der Waals surface area contributed by atoms with E-state index >= 15 is 0 Å². The number of halogens is 3. The van der Waals surface area contributed by atoms with Gasteiger partial charge >= 0.3 is 6.18 Å². The molecule has 140 valence electrons. The Morgan fingerprint density at radius 1 is 1.19 bits per heavy atom. The zero-order valence-corrected chi connectivity index (χ0v) is 15.0. The van der Waals surface area contributed by atoms with Gasteiger partial charge < -0.3 is 5.32 Å². The first-order valence-corrected chi connectivity index (χ1v) is 10.00. The van der Waals surface area contributed by atoms with Gasteiger partial charge in [0.2, 0.25) is 10.0 Å². The Balaban J connectivity index is 1.83. The molecule has 0 saturated carbocycles. The maximum atomic E-state index is 12.9. The van der Waals surface area contributed by atoms with Crippen LogP contribution in [0.25, 0.3) is 0 Å². The molecular formula is C16H15F3N2O3S2. The number of thiophene rings is 1. The Kier molecular flexibility index (Phi) is 5.09. The molecule has 1 aromatic heterocycles. The van der Waals surface area contributed by atoms with Crippen LogP contribution in [0.15, 0.2) is 40.6 Å². The number of amides is 1. The van der Waals surface area contributed by atoms with Crippen molar-refractivity contribution < 1.29 is 26.4 Å². The van der Waals surface area contributed by atoms with Crippen molar-refractivity contribution in [3.8, 4) is 0 Å². The monoisotopic (exact) mass is 404 g/mol. The van der Waals surface area contributed by atoms with Crippen LogP contribution in [0.1, 0.15) is 20.8 Å². The van der Waals surface area contributed by atoms with Gasteiger partial charge in [-0.25, -0.2) is 8.42 Å². The van der Waals surface area contributed by atoms with Crippen molar-refractivity contribution in [1.29, 1.82) is 0 Å². The third-order valence-electron chi connectivity index (χ3n) is 4.00. The minimum Gasteiger partial charge on any atom is -0.342 e. The molecule has 1 amide bonds. The summed E-state index contributed by atoms with van der Waals surface area (Å²) in [5.41, 5.74) is 1.94. The lowest BCUT2D eigenvalue weighted by atomic mass is 10.0. The van der Waals surface area contributed by atoms with E-state index in [2.05, 4.69) is 0 Å². The van der Waals surface area contributed by atoms with Crippen LogP contribution in [0.5, 0.6) is 0 Å². The van der Waals surface area contributed by atoms with E-state index in [0.29, 0.717) is 6.42 Å². The van der Waals surface area contributed by atoms with E-state index in [1.807, 2.05) is 24.3 Å². The number of hydrogen-bond acceptors (Lipinski definition) is 4. The number of hydrogen-bond donors (Lipinski definition) is 1. The number of benzene rings is 1. The molecule has 0 fully saturated rings. The summed E-state index contributed by atoms with van der Waals surface area (Å²) in [6.07, 6.45) is -4.03. The van der Waals surface area contributed by atoms with Gasteiger partial charge in [0.25, 0.3) is 5.91 Å². The normalized spacial score (nSPS) is 15.5. The number of alkyl halides is 3. The molecule has 26 heavy (non-hydrogen) atoms. The number of nitrogens with one attached hydrogen (secondary N) is 1. The van der Waals surface area contributed by atoms with Crippen LogP contribution in [0, 0.1) is 0 Å². The fourth-order valence-electron chi connectivity index (χ4n) is 2.74. The summed E-state index contributed by atoms with van der Waals surface area (Å²) >= 11 is 0.799. The summed E-state index contributed by atoms with van der Waals surface area (Å²) in [6.45, 7) is -1.10. The van der Waals surface area contributed by atoms with E-state index in [0.717, 1.165) is 22.5 Å². The smallest absolute Gasteiger partial charge is 0.342 e. The van der Waals surface area contributed by atoms with Crippen molar-refractivity contribution in [2.24, 2.45) is 0 Å². The predicted octanol–water partition coefficient (Wildman–Crippen LogP) is 2.79. The van der Waals surface area contributed by atoms with E-state index in [9.17, 15) is 26.4 Å². The highest BCUT2D eigenvalue weighted by atomic mass is 32.2. The molecule has 1 aliphatic rings. The molecule has 0 aliphatic carbocycles. The zero-order chi connectivity index (χ0) is 18.9. The van der Waals surface area contributed by atoms with Crippen LogP contribution in [0.2, 0.25) is 0 Å². The summed E-state index contributed by atoms with van der Waals surface area (Å²) in [4.78, 5) is 11.5. The van der Waals surface area contributed by atoms with Crippen molar-refractivity contribution >= 4 is 27.3 Å². The van der Waals surface area contributed by atoms with Crippen molar-refractivity contribution in [2.45, 2.75) is 24.0 Å². The van der Waals surface area contributed by atoms with Crippen molar-refractivity contribution in [2.75, 3.05) is 13.1 Å². The lowest BCUT2D eigenvalue weighted by Gasteiger charge is -2.28. The summed E-state index contributed by atoms with van der Waals surface area (Å²) in [7, 11) is -3.99. The van der Waals surface area contributed by atoms with E-state index in [4.69, 9.17) is 0 Å². The van der Waals surface area contributed by atoms with Gasteiger partial charge in [-0.05, 0) is 29.0 Å². The fraction of sp³-hybridized carbons (Fsp3) is 0.312. The second-order valence-electron chi connectivity index (χ2n) is 5.77. The number of carbonyl (C=O) groups excluding carboxylic acids is 1. The zero-order valence-electron chi connectivity index (χ0n) is 13.4. The SMILES string of the molecule is O=C(NCC(F)(F)F)c1sccc1S(=O)(=O)N1CCc2ccccc2C1. The first-order chi connectivity index (χ1) is 12.2. The van der Waals surface area contributed by atoms with Crippen LogP contribution in [0.3, 0.4) is 0 Å². The minimum atomic E-state index is -4.57. The van der Waals surface area contributed by atoms with Crippen molar-refractivity contribution in [1.82, 2.24) is 9.62 Å². The molecule has 0 saturated heterocycles. The molecule has 0 spiro atoms. The lowest BCUT2D eigenvalue weighted by Crippen LogP contribution is -2.37. The van der Waals surface area contributed by atoms with Gasteiger partial charge in [0.1, 0.15) is 16.3 Å². The molecule has 3 rings (SSSR count). The molecule has 0 radical (unpaired) electrons. The highest BCUT2D eigenvalue weighted by Gasteiger charge is 2.34. The van der Waals surface area contributed by atoms with Gasteiger partial charge in [-0.2, -0.15) is 17.5 Å². The standard InChI is InChI=1S/C16H15F3N2O3S2/c17-16(18,19)10-20-15(22)14-13(6-8-25-14)26(23,24)21-7-5-11-3-1-2-4-12(11)9-21/h1-4,6,8H,5,7,9-10H2,(H,20,22). The third kappa shape index (κ3) is 3.92. The molecule has 1 aliphatic heterocycles. The molecular weight excluding hydrogens is 389 g/mol. The quantitative estimate of drug-likeness (QED) is 0.852. The van der Waals surface area contributed by atoms with Crippen molar-refractivity contribution in [3.05, 3.63) is 51.7 Å². The molecule has 0 atom stereocenters. The molecule has 1 N–H and O–H groups in total. The third-order valence-corrected chi connectivity index (χ3v) is 6.93. The largest absolute Gasteiger partial charge is 0.405 e. The predicted molar refractivity (Wildman–Crippen MR) is 90.4 cm³/mol. The van der Waals surface area contributed by atoms with Crippen LogP contribution in [-0.4, -0.2) is 37.9 Å². The summed E-state index contributed by atoms with van der Waals surface area (Å²) < 4.78 is 63.9. The number of carbonyl (C=O) groups is 1. The lowest BCUT2D eigenvalue weighted by molar-refractivity contribution is -0.123. The second kappa shape index (κ2) is 7.01. The number of fused-ring (bicyclic) bond motifs is 1. The van der Waals surface area contributed by atoms with E-state index in [-0.39, 0.29) is 22.9 Å². The molecule has 5 nitrogen and oxygen atoms in total. The average molecular weight is 404 g/mol. The van der Waals surface area contributed by atoms with Gasteiger partial charge in [0, 0.05) is 13.1 Å². The Morgan fingerprint density at radius 3 is 2.58 bits per heavy atom. The van der Waals surface area contributed by atoms with Gasteiger partial charge in [-0.3, -0.25) is 4.79 Å². The van der Waals surface area contributed by atoms with Crippen molar-refractivity contribution in [3.63, 3.8) is 0 Å². The molecule has 0 unspecified atom stereocenters. The van der Waals surface area contributed by atoms with E-state index in [1.165, 1.54) is 15.8 Å². The Bertz CT molecular complexity index is 923. The molecule has 2 heterocycles.